The molecule has 1 aliphatic carbocycles. The average molecular weight is 445 g/mol. The van der Waals surface area contributed by atoms with Crippen molar-refractivity contribution in [3.05, 3.63) is 46.5 Å². The predicted molar refractivity (Wildman–Crippen MR) is 100 cm³/mol. The van der Waals surface area contributed by atoms with Crippen molar-refractivity contribution in [2.75, 3.05) is 19.7 Å². The number of ketones is 1. The topological polar surface area (TPSA) is 91.8 Å². The zero-order chi connectivity index (χ0) is 20.1. The highest BCUT2D eigenvalue weighted by Gasteiger charge is 2.49. The number of allylic oxidation sites excluding steroid dienone is 1. The number of nitriles is 1. The molecule has 3 heterocycles. The molecule has 28 heavy (non-hydrogen) atoms. The molecule has 1 fully saturated rings. The Morgan fingerprint density at radius 3 is 3.00 bits per heavy atom. The van der Waals surface area contributed by atoms with E-state index in [0.717, 1.165) is 4.47 Å². The number of rotatable bonds is 1. The lowest BCUT2D eigenvalue weighted by molar-refractivity contribution is -0.623. The van der Waals surface area contributed by atoms with Crippen LogP contribution in [0.1, 0.15) is 30.8 Å². The second kappa shape index (κ2) is 6.50. The molecule has 2 aliphatic rings. The monoisotopic (exact) mass is 444 g/mol. The quantitative estimate of drug-likeness (QED) is 0.618. The van der Waals surface area contributed by atoms with E-state index in [1.165, 1.54) is 0 Å². The first kappa shape index (κ1) is 18.8. The van der Waals surface area contributed by atoms with E-state index >= 15 is 0 Å². The van der Waals surface area contributed by atoms with E-state index in [0.29, 0.717) is 25.3 Å². The number of halogens is 1. The Morgan fingerprint density at radius 1 is 1.46 bits per heavy atom. The zero-order valence-electron chi connectivity index (χ0n) is 15.6. The number of fused-ring (bicyclic) bond motifs is 1. The molecule has 1 saturated heterocycles. The number of hydrogen-bond acceptors (Lipinski definition) is 5. The smallest absolute Gasteiger partial charge is 0.306 e. The summed E-state index contributed by atoms with van der Waals surface area (Å²) in [5.41, 5.74) is -1.16. The van der Waals surface area contributed by atoms with Crippen LogP contribution >= 0.6 is 15.9 Å². The van der Waals surface area contributed by atoms with E-state index in [-0.39, 0.29) is 23.8 Å². The van der Waals surface area contributed by atoms with E-state index in [4.69, 9.17) is 4.74 Å². The Labute approximate surface area is 170 Å². The van der Waals surface area contributed by atoms with Crippen molar-refractivity contribution in [2.24, 2.45) is 5.41 Å². The molecule has 0 aromatic carbocycles. The molecule has 1 spiro atoms. The fraction of sp³-hybridized carbons (Fsp3) is 0.421. The van der Waals surface area contributed by atoms with Crippen molar-refractivity contribution in [1.29, 1.82) is 5.26 Å². The Hall–Kier alpha value is -2.57. The van der Waals surface area contributed by atoms with Crippen molar-refractivity contribution >= 4 is 27.6 Å². The molecule has 1 unspecified atom stereocenters. The summed E-state index contributed by atoms with van der Waals surface area (Å²) in [5.74, 6) is -0.397. The molecule has 1 aliphatic heterocycles. The lowest BCUT2D eigenvalue weighted by Crippen LogP contribution is -2.57. The van der Waals surface area contributed by atoms with Crippen LogP contribution in [0.4, 0.5) is 0 Å². The summed E-state index contributed by atoms with van der Waals surface area (Å²) in [4.78, 5) is 27.2. The third-order valence-electron chi connectivity index (χ3n) is 5.17. The number of amides is 1. The minimum atomic E-state index is -0.842. The second-order valence-electron chi connectivity index (χ2n) is 7.84. The normalized spacial score (nSPS) is 24.3. The predicted octanol–water partition coefficient (Wildman–Crippen LogP) is 1.34. The van der Waals surface area contributed by atoms with Gasteiger partial charge in [-0.05, 0) is 39.1 Å². The van der Waals surface area contributed by atoms with Gasteiger partial charge in [0, 0.05) is 16.4 Å². The van der Waals surface area contributed by atoms with Crippen molar-refractivity contribution < 1.29 is 18.8 Å². The fourth-order valence-electron chi connectivity index (χ4n) is 3.97. The summed E-state index contributed by atoms with van der Waals surface area (Å²) in [5, 5.41) is 13.7. The molecule has 0 radical (unpaired) electrons. The van der Waals surface area contributed by atoms with Crippen molar-refractivity contribution in [2.45, 2.75) is 25.9 Å². The number of carbonyl (C=O) groups is 2. The SMILES string of the molecule is CC1(C)CC2(C=C(C#N)C1=O)CN(C(=O)c1c[n+]3ccc(Br)cn3n1)CCO2. The molecule has 1 atom stereocenters. The second-order valence-corrected chi connectivity index (χ2v) is 8.76. The first-order chi connectivity index (χ1) is 13.2. The van der Waals surface area contributed by atoms with Gasteiger partial charge in [-0.3, -0.25) is 9.59 Å². The third-order valence-corrected chi connectivity index (χ3v) is 5.64. The Kier molecular flexibility index (Phi) is 4.36. The molecule has 9 heteroatoms. The fourth-order valence-corrected chi connectivity index (χ4v) is 4.27. The molecule has 0 saturated carbocycles. The lowest BCUT2D eigenvalue weighted by atomic mass is 9.69. The van der Waals surface area contributed by atoms with Crippen LogP contribution in [0.15, 0.2) is 40.8 Å². The van der Waals surface area contributed by atoms with Crippen molar-refractivity contribution in [3.63, 3.8) is 0 Å². The van der Waals surface area contributed by atoms with E-state index in [1.807, 2.05) is 26.0 Å². The van der Waals surface area contributed by atoms with Crippen molar-refractivity contribution in [1.82, 2.24) is 14.6 Å². The number of nitrogens with zero attached hydrogens (tertiary/aromatic N) is 5. The summed E-state index contributed by atoms with van der Waals surface area (Å²) in [6, 6.07) is 3.84. The minimum absolute atomic E-state index is 0.0960. The molecular formula is C19H19BrN5O3+. The molecule has 144 valence electrons. The molecular weight excluding hydrogens is 426 g/mol. The first-order valence-corrected chi connectivity index (χ1v) is 9.70. The number of carbonyl (C=O) groups excluding carboxylic acids is 2. The lowest BCUT2D eigenvalue weighted by Gasteiger charge is -2.46. The van der Waals surface area contributed by atoms with E-state index in [2.05, 4.69) is 21.0 Å². The van der Waals surface area contributed by atoms with Crippen LogP contribution in [-0.2, 0) is 9.53 Å². The number of ether oxygens (including phenoxy) is 1. The Bertz CT molecular complexity index is 1070. The van der Waals surface area contributed by atoms with Gasteiger partial charge < -0.3 is 9.64 Å². The van der Waals surface area contributed by atoms with Gasteiger partial charge in [0.25, 0.3) is 0 Å². The summed E-state index contributed by atoms with van der Waals surface area (Å²) in [7, 11) is 0. The third kappa shape index (κ3) is 3.12. The van der Waals surface area contributed by atoms with Crippen LogP contribution in [0.3, 0.4) is 0 Å². The standard InChI is InChI=1S/C19H19BrN5O3/c1-18(2)11-19(7-13(8-21)16(18)26)12-23(5-6-28-19)17(27)15-10-24-4-3-14(20)9-25(24)22-15/h3-4,7,9-10H,5-6,11-12H2,1-2H3/q+1. The maximum Gasteiger partial charge on any atom is 0.306 e. The molecule has 2 aromatic heterocycles. The van der Waals surface area contributed by atoms with Crippen LogP contribution < -0.4 is 4.52 Å². The van der Waals surface area contributed by atoms with Gasteiger partial charge in [0.2, 0.25) is 0 Å². The summed E-state index contributed by atoms with van der Waals surface area (Å²) >= 11 is 3.38. The van der Waals surface area contributed by atoms with Crippen LogP contribution in [0.5, 0.6) is 0 Å². The van der Waals surface area contributed by atoms with Crippen LogP contribution in [0, 0.1) is 16.7 Å². The first-order valence-electron chi connectivity index (χ1n) is 8.91. The Morgan fingerprint density at radius 2 is 2.25 bits per heavy atom. The maximum absolute atomic E-state index is 13.1. The maximum atomic E-state index is 13.1. The zero-order valence-corrected chi connectivity index (χ0v) is 17.1. The van der Waals surface area contributed by atoms with Crippen LogP contribution in [0.25, 0.3) is 0 Å². The Balaban J connectivity index is 1.64. The molecule has 0 bridgehead atoms. The summed E-state index contributed by atoms with van der Waals surface area (Å²) in [6.45, 7) is 4.64. The van der Waals surface area contributed by atoms with Crippen molar-refractivity contribution in [3.8, 4) is 6.07 Å². The van der Waals surface area contributed by atoms with Gasteiger partial charge in [0.05, 0.1) is 23.8 Å². The van der Waals surface area contributed by atoms with Gasteiger partial charge in [-0.1, -0.05) is 13.8 Å². The van der Waals surface area contributed by atoms with Gasteiger partial charge in [0.1, 0.15) is 24.1 Å². The van der Waals surface area contributed by atoms with E-state index < -0.39 is 11.0 Å². The highest BCUT2D eigenvalue weighted by atomic mass is 79.9. The number of Topliss-reactive ketones (excluding diaryl/α,β-unsaturated/α-hetero) is 1. The minimum Gasteiger partial charge on any atom is -0.367 e. The highest BCUT2D eigenvalue weighted by Crippen LogP contribution is 2.41. The molecule has 0 N–H and O–H groups in total. The molecule has 4 rings (SSSR count). The van der Waals surface area contributed by atoms with Gasteiger partial charge in [-0.15, -0.1) is 4.52 Å². The largest absolute Gasteiger partial charge is 0.367 e. The average Bonchev–Trinajstić information content (AvgIpc) is 3.07. The van der Waals surface area contributed by atoms with Crippen LogP contribution in [-0.4, -0.2) is 51.6 Å². The van der Waals surface area contributed by atoms with Gasteiger partial charge in [-0.25, -0.2) is 0 Å². The van der Waals surface area contributed by atoms with Gasteiger partial charge in [0.15, 0.2) is 12.0 Å². The molecule has 2 aromatic rings. The van der Waals surface area contributed by atoms with E-state index in [9.17, 15) is 14.9 Å². The van der Waals surface area contributed by atoms with E-state index in [1.54, 1.807) is 38.7 Å². The molecule has 8 nitrogen and oxygen atoms in total. The highest BCUT2D eigenvalue weighted by molar-refractivity contribution is 9.10. The summed E-state index contributed by atoms with van der Waals surface area (Å²) in [6.07, 6.45) is 7.23. The number of morpholine rings is 1. The number of hydrogen-bond donors (Lipinski definition) is 0. The van der Waals surface area contributed by atoms with Gasteiger partial charge in [-0.2, -0.15) is 5.26 Å². The van der Waals surface area contributed by atoms with Crippen LogP contribution in [0.2, 0.25) is 0 Å². The number of aromatic nitrogens is 3. The van der Waals surface area contributed by atoms with Gasteiger partial charge >= 0.3 is 11.6 Å². The molecule has 1 amide bonds. The summed E-state index contributed by atoms with van der Waals surface area (Å²) < 4.78 is 10.1.